The average molecular weight is 371 g/mol. The first kappa shape index (κ1) is 18.3. The van der Waals surface area contributed by atoms with Crippen molar-refractivity contribution < 1.29 is 18.0 Å². The van der Waals surface area contributed by atoms with E-state index in [4.69, 9.17) is 0 Å². The zero-order valence-electron chi connectivity index (χ0n) is 14.0. The van der Waals surface area contributed by atoms with Crippen molar-refractivity contribution in [2.24, 2.45) is 0 Å². The third kappa shape index (κ3) is 3.69. The molecular formula is C18H12F3N5O. The van der Waals surface area contributed by atoms with Crippen LogP contribution in [-0.4, -0.2) is 26.0 Å². The van der Waals surface area contributed by atoms with Crippen molar-refractivity contribution in [3.8, 4) is 11.8 Å². The maximum Gasteiger partial charge on any atom is 0.416 e. The largest absolute Gasteiger partial charge is 0.416 e. The smallest absolute Gasteiger partial charge is 0.292 e. The molecule has 0 aliphatic rings. The van der Waals surface area contributed by atoms with Gasteiger partial charge in [-0.25, -0.2) is 0 Å². The van der Waals surface area contributed by atoms with Gasteiger partial charge in [-0.3, -0.25) is 4.79 Å². The first-order valence-corrected chi connectivity index (χ1v) is 7.77. The van der Waals surface area contributed by atoms with Gasteiger partial charge < -0.3 is 0 Å². The minimum atomic E-state index is -4.60. The van der Waals surface area contributed by atoms with Gasteiger partial charge >= 0.3 is 6.18 Å². The molecule has 3 aromatic rings. The highest BCUT2D eigenvalue weighted by molar-refractivity contribution is 6.02. The lowest BCUT2D eigenvalue weighted by atomic mass is 9.96. The summed E-state index contributed by atoms with van der Waals surface area (Å²) in [6.45, 7) is 1.89. The summed E-state index contributed by atoms with van der Waals surface area (Å²) in [5.74, 6) is -2.33. The molecular weight excluding hydrogens is 359 g/mol. The third-order valence-electron chi connectivity index (χ3n) is 3.90. The molecule has 1 atom stereocenters. The normalized spacial score (nSPS) is 12.4. The molecule has 3 rings (SSSR count). The summed E-state index contributed by atoms with van der Waals surface area (Å²) < 4.78 is 39.9. The maximum absolute atomic E-state index is 12.9. The summed E-state index contributed by atoms with van der Waals surface area (Å²) in [7, 11) is 0. The van der Waals surface area contributed by atoms with E-state index in [0.717, 1.165) is 17.7 Å². The van der Waals surface area contributed by atoms with Gasteiger partial charge in [0.1, 0.15) is 0 Å². The maximum atomic E-state index is 12.9. The Labute approximate surface area is 151 Å². The molecule has 9 heteroatoms. The van der Waals surface area contributed by atoms with E-state index in [-0.39, 0.29) is 11.4 Å². The SMILES string of the molecule is Cc1ccc(-n2nnnc2C(C#N)C(=O)c2cccc(C(F)(F)F)c2)cc1. The minimum absolute atomic E-state index is 0.0660. The van der Waals surface area contributed by atoms with Crippen LogP contribution in [0.2, 0.25) is 0 Å². The van der Waals surface area contributed by atoms with Crippen LogP contribution in [0, 0.1) is 18.3 Å². The van der Waals surface area contributed by atoms with Crippen LogP contribution in [0.1, 0.15) is 33.2 Å². The molecule has 0 amide bonds. The number of carbonyl (C=O) groups excluding carboxylic acids is 1. The highest BCUT2D eigenvalue weighted by Gasteiger charge is 2.33. The zero-order chi connectivity index (χ0) is 19.6. The quantitative estimate of drug-likeness (QED) is 0.656. The number of nitrogens with zero attached hydrogens (tertiary/aromatic N) is 5. The molecule has 1 aromatic heterocycles. The molecule has 0 radical (unpaired) electrons. The Morgan fingerprint density at radius 2 is 1.89 bits per heavy atom. The van der Waals surface area contributed by atoms with Gasteiger partial charge in [0.25, 0.3) is 0 Å². The van der Waals surface area contributed by atoms with Crippen molar-refractivity contribution in [1.29, 1.82) is 5.26 Å². The number of aromatic nitrogens is 4. The Kier molecular flexibility index (Phi) is 4.73. The van der Waals surface area contributed by atoms with Crippen LogP contribution in [0.3, 0.4) is 0 Å². The van der Waals surface area contributed by atoms with Crippen LogP contribution < -0.4 is 0 Å². The molecule has 0 aliphatic heterocycles. The standard InChI is InChI=1S/C18H12F3N5O/c1-11-5-7-14(8-6-11)26-17(23-24-25-26)15(10-22)16(27)12-3-2-4-13(9-12)18(19,20)21/h2-9,15H,1H3. The lowest BCUT2D eigenvalue weighted by molar-refractivity contribution is -0.137. The van der Waals surface area contributed by atoms with E-state index in [1.54, 1.807) is 30.3 Å². The van der Waals surface area contributed by atoms with Gasteiger partial charge in [-0.1, -0.05) is 29.8 Å². The predicted octanol–water partition coefficient (Wildman–Crippen LogP) is 3.48. The Morgan fingerprint density at radius 1 is 1.19 bits per heavy atom. The third-order valence-corrected chi connectivity index (χ3v) is 3.90. The first-order valence-electron chi connectivity index (χ1n) is 7.77. The van der Waals surface area contributed by atoms with Crippen LogP contribution in [0.5, 0.6) is 0 Å². The molecule has 1 heterocycles. The Bertz CT molecular complexity index is 1020. The lowest BCUT2D eigenvalue weighted by Crippen LogP contribution is -2.17. The van der Waals surface area contributed by atoms with Crippen LogP contribution in [0.15, 0.2) is 48.5 Å². The second kappa shape index (κ2) is 6.99. The number of hydrogen-bond donors (Lipinski definition) is 0. The fraction of sp³-hybridized carbons (Fsp3) is 0.167. The van der Waals surface area contributed by atoms with Gasteiger partial charge in [0.05, 0.1) is 17.3 Å². The van der Waals surface area contributed by atoms with Gasteiger partial charge in [0.15, 0.2) is 17.5 Å². The molecule has 2 aromatic carbocycles. The van der Waals surface area contributed by atoms with Gasteiger partial charge in [0.2, 0.25) is 0 Å². The molecule has 0 N–H and O–H groups in total. The Morgan fingerprint density at radius 3 is 2.52 bits per heavy atom. The summed E-state index contributed by atoms with van der Waals surface area (Å²) >= 11 is 0. The number of rotatable bonds is 4. The van der Waals surface area contributed by atoms with Crippen LogP contribution in [0.25, 0.3) is 5.69 Å². The topological polar surface area (TPSA) is 84.5 Å². The predicted molar refractivity (Wildman–Crippen MR) is 88.0 cm³/mol. The Balaban J connectivity index is 2.00. The number of aryl methyl sites for hydroxylation is 1. The molecule has 0 aliphatic carbocycles. The van der Waals surface area contributed by atoms with Gasteiger partial charge in [-0.05, 0) is 41.6 Å². The molecule has 0 spiro atoms. The van der Waals surface area contributed by atoms with E-state index in [9.17, 15) is 23.2 Å². The fourth-order valence-electron chi connectivity index (χ4n) is 2.49. The fourth-order valence-corrected chi connectivity index (χ4v) is 2.49. The number of nitriles is 1. The average Bonchev–Trinajstić information content (AvgIpc) is 3.12. The molecule has 0 fully saturated rings. The summed E-state index contributed by atoms with van der Waals surface area (Å²) in [6, 6.07) is 12.7. The number of tetrazole rings is 1. The van der Waals surface area contributed by atoms with Crippen molar-refractivity contribution in [3.05, 3.63) is 71.0 Å². The van der Waals surface area contributed by atoms with Crippen molar-refractivity contribution in [2.45, 2.75) is 19.0 Å². The Hall–Kier alpha value is -3.54. The molecule has 6 nitrogen and oxygen atoms in total. The minimum Gasteiger partial charge on any atom is -0.292 e. The van der Waals surface area contributed by atoms with E-state index in [1.807, 2.05) is 6.92 Å². The summed E-state index contributed by atoms with van der Waals surface area (Å²) in [5.41, 5.74) is 0.306. The molecule has 0 saturated carbocycles. The molecule has 1 unspecified atom stereocenters. The lowest BCUT2D eigenvalue weighted by Gasteiger charge is -2.11. The monoisotopic (exact) mass is 371 g/mol. The number of benzene rings is 2. The van der Waals surface area contributed by atoms with E-state index in [2.05, 4.69) is 15.5 Å². The van der Waals surface area contributed by atoms with Crippen LogP contribution in [0.4, 0.5) is 13.2 Å². The summed E-state index contributed by atoms with van der Waals surface area (Å²) in [6.07, 6.45) is -4.60. The van der Waals surface area contributed by atoms with Crippen molar-refractivity contribution in [2.75, 3.05) is 0 Å². The molecule has 0 saturated heterocycles. The van der Waals surface area contributed by atoms with Gasteiger partial charge in [-0.15, -0.1) is 5.10 Å². The number of hydrogen-bond acceptors (Lipinski definition) is 5. The van der Waals surface area contributed by atoms with E-state index in [1.165, 1.54) is 10.7 Å². The van der Waals surface area contributed by atoms with Gasteiger partial charge in [0, 0.05) is 5.56 Å². The number of halogens is 3. The number of ketones is 1. The highest BCUT2D eigenvalue weighted by Crippen LogP contribution is 2.30. The van der Waals surface area contributed by atoms with Crippen LogP contribution in [-0.2, 0) is 6.18 Å². The van der Waals surface area contributed by atoms with Gasteiger partial charge in [-0.2, -0.15) is 23.1 Å². The van der Waals surface area contributed by atoms with Crippen molar-refractivity contribution >= 4 is 5.78 Å². The van der Waals surface area contributed by atoms with E-state index >= 15 is 0 Å². The van der Waals surface area contributed by atoms with E-state index < -0.39 is 23.4 Å². The highest BCUT2D eigenvalue weighted by atomic mass is 19.4. The first-order chi connectivity index (χ1) is 12.8. The number of carbonyl (C=O) groups is 1. The summed E-state index contributed by atoms with van der Waals surface area (Å²) in [4.78, 5) is 12.7. The zero-order valence-corrected chi connectivity index (χ0v) is 14.0. The molecule has 27 heavy (non-hydrogen) atoms. The second-order valence-electron chi connectivity index (χ2n) is 5.79. The number of alkyl halides is 3. The van der Waals surface area contributed by atoms with E-state index in [0.29, 0.717) is 11.8 Å². The van der Waals surface area contributed by atoms with Crippen LogP contribution >= 0.6 is 0 Å². The van der Waals surface area contributed by atoms with Crippen molar-refractivity contribution in [3.63, 3.8) is 0 Å². The number of Topliss-reactive ketones (excluding diaryl/α,β-unsaturated/α-hetero) is 1. The van der Waals surface area contributed by atoms with Crippen molar-refractivity contribution in [1.82, 2.24) is 20.2 Å². The summed E-state index contributed by atoms with van der Waals surface area (Å²) in [5, 5.41) is 20.5. The molecule has 136 valence electrons. The molecule has 0 bridgehead atoms. The second-order valence-corrected chi connectivity index (χ2v) is 5.79.